The number of hydrogen-bond donors (Lipinski definition) is 2. The van der Waals surface area contributed by atoms with Crippen LogP contribution in [0.2, 0.25) is 0 Å². The quantitative estimate of drug-likeness (QED) is 0.607. The third-order valence-corrected chi connectivity index (χ3v) is 5.25. The second kappa shape index (κ2) is 9.00. The normalized spacial score (nSPS) is 15.1. The summed E-state index contributed by atoms with van der Waals surface area (Å²) >= 11 is 0. The van der Waals surface area contributed by atoms with Crippen molar-refractivity contribution in [3.63, 3.8) is 0 Å². The molecule has 0 bridgehead atoms. The monoisotopic (exact) mass is 414 g/mol. The highest BCUT2D eigenvalue weighted by Gasteiger charge is 2.36. The second-order valence-corrected chi connectivity index (χ2v) is 8.11. The fourth-order valence-electron chi connectivity index (χ4n) is 3.77. The summed E-state index contributed by atoms with van der Waals surface area (Å²) in [5.74, 6) is 0.264. The van der Waals surface area contributed by atoms with Crippen LogP contribution in [0.3, 0.4) is 0 Å². The Kier molecular flexibility index (Phi) is 5.98. The molecule has 2 aromatic carbocycles. The van der Waals surface area contributed by atoms with Crippen LogP contribution in [0.15, 0.2) is 73.1 Å². The number of amides is 2. The number of hydrogen-bond acceptors (Lipinski definition) is 4. The average molecular weight is 415 g/mol. The third kappa shape index (κ3) is 4.58. The largest absolute Gasteiger partial charge is 0.361 e. The molecule has 3 aromatic rings. The summed E-state index contributed by atoms with van der Waals surface area (Å²) in [5.41, 5.74) is 4.10. The maximum absolute atomic E-state index is 12.9. The number of nitrogens with zero attached hydrogens (tertiary/aromatic N) is 2. The number of benzene rings is 2. The van der Waals surface area contributed by atoms with Crippen LogP contribution < -0.4 is 10.6 Å². The minimum atomic E-state index is -0.226. The molecule has 0 spiro atoms. The Morgan fingerprint density at radius 3 is 2.55 bits per heavy atom. The van der Waals surface area contributed by atoms with Crippen molar-refractivity contribution in [3.05, 3.63) is 95.3 Å². The molecular formula is C25H26N4O2. The van der Waals surface area contributed by atoms with Crippen LogP contribution in [-0.2, 0) is 6.54 Å². The molecule has 0 saturated heterocycles. The van der Waals surface area contributed by atoms with Crippen molar-refractivity contribution in [1.82, 2.24) is 15.2 Å². The van der Waals surface area contributed by atoms with E-state index < -0.39 is 0 Å². The van der Waals surface area contributed by atoms with Gasteiger partial charge in [-0.3, -0.25) is 14.6 Å². The van der Waals surface area contributed by atoms with E-state index >= 15 is 0 Å². The Morgan fingerprint density at radius 1 is 1.06 bits per heavy atom. The van der Waals surface area contributed by atoms with Crippen molar-refractivity contribution >= 4 is 17.5 Å². The van der Waals surface area contributed by atoms with E-state index in [-0.39, 0.29) is 18.0 Å². The standard InChI is InChI=1S/C25H26N4O2/c1-17(2)16-29-23(21-7-3-4-8-22(21)25(29)31)28-20-11-9-19(10-12-20)24(30)27-15-18-6-5-13-26-14-18/h3-14,17,23,28H,15-16H2,1-2H3,(H,27,30)/t23-/m0/s1. The average Bonchev–Trinajstić information content (AvgIpc) is 3.04. The van der Waals surface area contributed by atoms with E-state index in [9.17, 15) is 9.59 Å². The van der Waals surface area contributed by atoms with Crippen molar-refractivity contribution in [3.8, 4) is 0 Å². The van der Waals surface area contributed by atoms with Crippen LogP contribution in [-0.4, -0.2) is 28.2 Å². The molecule has 2 heterocycles. The number of carbonyl (C=O) groups excluding carboxylic acids is 2. The molecule has 1 atom stereocenters. The van der Waals surface area contributed by atoms with Gasteiger partial charge in [0.2, 0.25) is 0 Å². The molecule has 6 nitrogen and oxygen atoms in total. The van der Waals surface area contributed by atoms with Crippen molar-refractivity contribution in [2.24, 2.45) is 5.92 Å². The summed E-state index contributed by atoms with van der Waals surface area (Å²) in [6, 6.07) is 18.8. The SMILES string of the molecule is CC(C)CN1C(=O)c2ccccc2[C@H]1Nc1ccc(C(=O)NCc2cccnc2)cc1. The summed E-state index contributed by atoms with van der Waals surface area (Å²) in [6.45, 7) is 5.30. The molecular weight excluding hydrogens is 388 g/mol. The molecule has 158 valence electrons. The van der Waals surface area contributed by atoms with Crippen molar-refractivity contribution in [2.45, 2.75) is 26.6 Å². The van der Waals surface area contributed by atoms with Gasteiger partial charge in [0.1, 0.15) is 6.17 Å². The van der Waals surface area contributed by atoms with E-state index in [1.807, 2.05) is 53.4 Å². The Hall–Kier alpha value is -3.67. The van der Waals surface area contributed by atoms with Gasteiger partial charge >= 0.3 is 0 Å². The maximum Gasteiger partial charge on any atom is 0.256 e. The van der Waals surface area contributed by atoms with E-state index in [0.717, 1.165) is 22.4 Å². The molecule has 4 rings (SSSR count). The van der Waals surface area contributed by atoms with Gasteiger partial charge in [-0.2, -0.15) is 0 Å². The highest BCUT2D eigenvalue weighted by atomic mass is 16.2. The highest BCUT2D eigenvalue weighted by molar-refractivity contribution is 5.99. The number of nitrogens with one attached hydrogen (secondary N) is 2. The molecule has 0 aliphatic carbocycles. The minimum Gasteiger partial charge on any atom is -0.361 e. The Morgan fingerprint density at radius 2 is 1.84 bits per heavy atom. The van der Waals surface area contributed by atoms with Crippen LogP contribution >= 0.6 is 0 Å². The summed E-state index contributed by atoms with van der Waals surface area (Å²) in [7, 11) is 0. The molecule has 1 aromatic heterocycles. The zero-order chi connectivity index (χ0) is 21.8. The lowest BCUT2D eigenvalue weighted by atomic mass is 10.1. The number of carbonyl (C=O) groups is 2. The first kappa shape index (κ1) is 20.6. The first-order chi connectivity index (χ1) is 15.0. The van der Waals surface area contributed by atoms with Crippen molar-refractivity contribution < 1.29 is 9.59 Å². The van der Waals surface area contributed by atoms with Gasteiger partial charge in [-0.05, 0) is 47.9 Å². The fraction of sp³-hybridized carbons (Fsp3) is 0.240. The van der Waals surface area contributed by atoms with Gasteiger partial charge in [0.15, 0.2) is 0 Å². The second-order valence-electron chi connectivity index (χ2n) is 8.11. The first-order valence-electron chi connectivity index (χ1n) is 10.5. The molecule has 6 heteroatoms. The zero-order valence-corrected chi connectivity index (χ0v) is 17.7. The van der Waals surface area contributed by atoms with Gasteiger partial charge in [-0.1, -0.05) is 38.1 Å². The molecule has 0 fully saturated rings. The van der Waals surface area contributed by atoms with Gasteiger partial charge in [0, 0.05) is 47.9 Å². The van der Waals surface area contributed by atoms with E-state index in [2.05, 4.69) is 29.5 Å². The Bertz CT molecular complexity index is 1060. The lowest BCUT2D eigenvalue weighted by molar-refractivity contribution is 0.0720. The molecule has 0 radical (unpaired) electrons. The van der Waals surface area contributed by atoms with Crippen LogP contribution in [0.1, 0.15) is 51.9 Å². The smallest absolute Gasteiger partial charge is 0.256 e. The van der Waals surface area contributed by atoms with Gasteiger partial charge < -0.3 is 15.5 Å². The zero-order valence-electron chi connectivity index (χ0n) is 17.7. The molecule has 1 aliphatic rings. The Balaban J connectivity index is 1.46. The van der Waals surface area contributed by atoms with Gasteiger partial charge in [-0.15, -0.1) is 0 Å². The highest BCUT2D eigenvalue weighted by Crippen LogP contribution is 2.34. The maximum atomic E-state index is 12.9. The van der Waals surface area contributed by atoms with Crippen LogP contribution in [0.4, 0.5) is 5.69 Å². The van der Waals surface area contributed by atoms with Crippen molar-refractivity contribution in [2.75, 3.05) is 11.9 Å². The van der Waals surface area contributed by atoms with Gasteiger partial charge in [0.25, 0.3) is 11.8 Å². The van der Waals surface area contributed by atoms with Gasteiger partial charge in [0.05, 0.1) is 0 Å². The predicted molar refractivity (Wildman–Crippen MR) is 121 cm³/mol. The lowest BCUT2D eigenvalue weighted by Gasteiger charge is -2.28. The van der Waals surface area contributed by atoms with Crippen LogP contribution in [0, 0.1) is 5.92 Å². The number of fused-ring (bicyclic) bond motifs is 1. The van der Waals surface area contributed by atoms with E-state index in [0.29, 0.717) is 24.6 Å². The number of anilines is 1. The van der Waals surface area contributed by atoms with Gasteiger partial charge in [-0.25, -0.2) is 0 Å². The number of pyridine rings is 1. The van der Waals surface area contributed by atoms with Crippen LogP contribution in [0.5, 0.6) is 0 Å². The number of aromatic nitrogens is 1. The summed E-state index contributed by atoms with van der Waals surface area (Å²) < 4.78 is 0. The van der Waals surface area contributed by atoms with E-state index in [1.54, 1.807) is 24.5 Å². The molecule has 1 aliphatic heterocycles. The van der Waals surface area contributed by atoms with E-state index in [1.165, 1.54) is 0 Å². The first-order valence-corrected chi connectivity index (χ1v) is 10.5. The Labute approximate surface area is 182 Å². The van der Waals surface area contributed by atoms with Crippen molar-refractivity contribution in [1.29, 1.82) is 0 Å². The summed E-state index contributed by atoms with van der Waals surface area (Å²) in [6.07, 6.45) is 3.21. The predicted octanol–water partition coefficient (Wildman–Crippen LogP) is 4.23. The van der Waals surface area contributed by atoms with E-state index in [4.69, 9.17) is 0 Å². The molecule has 2 amide bonds. The van der Waals surface area contributed by atoms with Crippen LogP contribution in [0.25, 0.3) is 0 Å². The third-order valence-electron chi connectivity index (χ3n) is 5.25. The molecule has 0 saturated carbocycles. The summed E-state index contributed by atoms with van der Waals surface area (Å²) in [4.78, 5) is 31.3. The number of rotatable bonds is 7. The lowest BCUT2D eigenvalue weighted by Crippen LogP contribution is -2.35. The minimum absolute atomic E-state index is 0.0493. The molecule has 31 heavy (non-hydrogen) atoms. The topological polar surface area (TPSA) is 74.3 Å². The molecule has 2 N–H and O–H groups in total. The fourth-order valence-corrected chi connectivity index (χ4v) is 3.77. The summed E-state index contributed by atoms with van der Waals surface area (Å²) in [5, 5.41) is 6.38. The molecule has 0 unspecified atom stereocenters.